The van der Waals surface area contributed by atoms with Crippen LogP contribution in [0.4, 0.5) is 0 Å². The molecule has 0 amide bonds. The van der Waals surface area contributed by atoms with Gasteiger partial charge in [-0.05, 0) is 26.2 Å². The number of carbonyl (C=O) groups excluding carboxylic acids is 2. The van der Waals surface area contributed by atoms with E-state index in [2.05, 4.69) is 4.74 Å². The van der Waals surface area contributed by atoms with Crippen molar-refractivity contribution in [3.05, 3.63) is 0 Å². The molecule has 1 N–H and O–H groups in total. The van der Waals surface area contributed by atoms with E-state index in [0.29, 0.717) is 25.7 Å². The first-order chi connectivity index (χ1) is 8.49. The van der Waals surface area contributed by atoms with Gasteiger partial charge < -0.3 is 14.6 Å². The molecule has 0 saturated carbocycles. The summed E-state index contributed by atoms with van der Waals surface area (Å²) in [5.74, 6) is -0.620. The summed E-state index contributed by atoms with van der Waals surface area (Å²) in [4.78, 5) is 22.2. The quantitative estimate of drug-likeness (QED) is 0.505. The molecule has 5 heteroatoms. The van der Waals surface area contributed by atoms with E-state index in [0.717, 1.165) is 6.42 Å². The van der Waals surface area contributed by atoms with Crippen molar-refractivity contribution in [2.24, 2.45) is 0 Å². The molecule has 5 nitrogen and oxygen atoms in total. The SMILES string of the molecule is CCC(C)OC(=O)C[C@@H](O)CCCCC(=O)OC. The molecule has 0 fully saturated rings. The Kier molecular flexibility index (Phi) is 9.28. The number of carbonyl (C=O) groups is 2. The number of ether oxygens (including phenoxy) is 2. The van der Waals surface area contributed by atoms with E-state index < -0.39 is 6.10 Å². The Morgan fingerprint density at radius 2 is 1.89 bits per heavy atom. The summed E-state index contributed by atoms with van der Waals surface area (Å²) in [6, 6.07) is 0. The third-order valence-electron chi connectivity index (χ3n) is 2.71. The summed E-state index contributed by atoms with van der Waals surface area (Å²) in [5.41, 5.74) is 0. The Morgan fingerprint density at radius 1 is 1.22 bits per heavy atom. The van der Waals surface area contributed by atoms with Crippen LogP contribution in [0.25, 0.3) is 0 Å². The molecule has 0 bridgehead atoms. The molecule has 0 aromatic carbocycles. The van der Waals surface area contributed by atoms with Crippen LogP contribution in [0.2, 0.25) is 0 Å². The first kappa shape index (κ1) is 16.9. The predicted octanol–water partition coefficient (Wildman–Crippen LogP) is 1.81. The van der Waals surface area contributed by atoms with Crippen molar-refractivity contribution in [1.82, 2.24) is 0 Å². The minimum Gasteiger partial charge on any atom is -0.469 e. The second-order valence-electron chi connectivity index (χ2n) is 4.39. The fourth-order valence-electron chi connectivity index (χ4n) is 1.40. The zero-order valence-electron chi connectivity index (χ0n) is 11.5. The molecule has 0 rings (SSSR count). The van der Waals surface area contributed by atoms with Gasteiger partial charge in [-0.3, -0.25) is 9.59 Å². The van der Waals surface area contributed by atoms with Gasteiger partial charge in [0.1, 0.15) is 0 Å². The van der Waals surface area contributed by atoms with E-state index in [1.807, 2.05) is 13.8 Å². The van der Waals surface area contributed by atoms with Gasteiger partial charge >= 0.3 is 11.9 Å². The van der Waals surface area contributed by atoms with Gasteiger partial charge in [-0.1, -0.05) is 13.3 Å². The van der Waals surface area contributed by atoms with Gasteiger partial charge in [-0.2, -0.15) is 0 Å². The lowest BCUT2D eigenvalue weighted by Gasteiger charge is -2.13. The van der Waals surface area contributed by atoms with Gasteiger partial charge in [0.25, 0.3) is 0 Å². The maximum Gasteiger partial charge on any atom is 0.308 e. The second-order valence-corrected chi connectivity index (χ2v) is 4.39. The zero-order chi connectivity index (χ0) is 14.0. The molecule has 0 saturated heterocycles. The number of rotatable bonds is 9. The van der Waals surface area contributed by atoms with Gasteiger partial charge in [0.05, 0.1) is 25.7 Å². The van der Waals surface area contributed by atoms with Crippen LogP contribution < -0.4 is 0 Å². The first-order valence-electron chi connectivity index (χ1n) is 6.43. The lowest BCUT2D eigenvalue weighted by Crippen LogP contribution is -2.19. The molecule has 0 heterocycles. The number of hydrogen-bond acceptors (Lipinski definition) is 5. The van der Waals surface area contributed by atoms with Gasteiger partial charge in [0.2, 0.25) is 0 Å². The lowest BCUT2D eigenvalue weighted by molar-refractivity contribution is -0.150. The number of aliphatic hydroxyl groups excluding tert-OH is 1. The van der Waals surface area contributed by atoms with Crippen LogP contribution in [0.5, 0.6) is 0 Å². The summed E-state index contributed by atoms with van der Waals surface area (Å²) in [5, 5.41) is 9.61. The third kappa shape index (κ3) is 8.98. The highest BCUT2D eigenvalue weighted by atomic mass is 16.5. The van der Waals surface area contributed by atoms with Crippen LogP contribution in [0.15, 0.2) is 0 Å². The van der Waals surface area contributed by atoms with Crippen molar-refractivity contribution in [3.63, 3.8) is 0 Å². The maximum atomic E-state index is 11.4. The number of aliphatic hydroxyl groups is 1. The highest BCUT2D eigenvalue weighted by Crippen LogP contribution is 2.09. The summed E-state index contributed by atoms with van der Waals surface area (Å²) in [6.45, 7) is 3.75. The average molecular weight is 260 g/mol. The van der Waals surface area contributed by atoms with Crippen molar-refractivity contribution < 1.29 is 24.2 Å². The van der Waals surface area contributed by atoms with E-state index in [-0.39, 0.29) is 24.5 Å². The Balaban J connectivity index is 3.61. The molecule has 0 aliphatic carbocycles. The van der Waals surface area contributed by atoms with Crippen LogP contribution >= 0.6 is 0 Å². The van der Waals surface area contributed by atoms with E-state index in [1.54, 1.807) is 0 Å². The van der Waals surface area contributed by atoms with Gasteiger partial charge in [0, 0.05) is 6.42 Å². The fraction of sp³-hybridized carbons (Fsp3) is 0.846. The Labute approximate surface area is 108 Å². The number of hydrogen-bond donors (Lipinski definition) is 1. The van der Waals surface area contributed by atoms with Crippen molar-refractivity contribution >= 4 is 11.9 Å². The van der Waals surface area contributed by atoms with Crippen LogP contribution in [-0.4, -0.2) is 36.4 Å². The van der Waals surface area contributed by atoms with Gasteiger partial charge in [-0.25, -0.2) is 0 Å². The highest BCUT2D eigenvalue weighted by Gasteiger charge is 2.14. The van der Waals surface area contributed by atoms with Gasteiger partial charge in [0.15, 0.2) is 0 Å². The smallest absolute Gasteiger partial charge is 0.308 e. The Morgan fingerprint density at radius 3 is 2.44 bits per heavy atom. The molecule has 0 aromatic heterocycles. The van der Waals surface area contributed by atoms with E-state index >= 15 is 0 Å². The molecule has 2 atom stereocenters. The molecule has 106 valence electrons. The molecule has 1 unspecified atom stereocenters. The summed E-state index contributed by atoms with van der Waals surface area (Å²) in [6.07, 6.45) is 2.16. The second kappa shape index (κ2) is 9.88. The minimum absolute atomic E-state index is 0.0164. The zero-order valence-corrected chi connectivity index (χ0v) is 11.5. The largest absolute Gasteiger partial charge is 0.469 e. The molecular weight excluding hydrogens is 236 g/mol. The summed E-state index contributed by atoms with van der Waals surface area (Å²) >= 11 is 0. The Bertz CT molecular complexity index is 252. The normalized spacial score (nSPS) is 13.8. The molecule has 0 spiro atoms. The monoisotopic (exact) mass is 260 g/mol. The maximum absolute atomic E-state index is 11.4. The van der Waals surface area contributed by atoms with Crippen LogP contribution in [0.1, 0.15) is 52.4 Å². The van der Waals surface area contributed by atoms with E-state index in [9.17, 15) is 14.7 Å². The van der Waals surface area contributed by atoms with Crippen molar-refractivity contribution in [1.29, 1.82) is 0 Å². The fourth-order valence-corrected chi connectivity index (χ4v) is 1.40. The highest BCUT2D eigenvalue weighted by molar-refractivity contribution is 5.70. The topological polar surface area (TPSA) is 72.8 Å². The van der Waals surface area contributed by atoms with Crippen molar-refractivity contribution in [2.45, 2.75) is 64.6 Å². The summed E-state index contributed by atoms with van der Waals surface area (Å²) in [7, 11) is 1.35. The molecular formula is C13H24O5. The lowest BCUT2D eigenvalue weighted by atomic mass is 10.1. The standard InChI is InChI=1S/C13H24O5/c1-4-10(2)18-13(16)9-11(14)7-5-6-8-12(15)17-3/h10-11,14H,4-9H2,1-3H3/t10?,11-/m0/s1. The first-order valence-corrected chi connectivity index (χ1v) is 6.43. The molecule has 18 heavy (non-hydrogen) atoms. The Hall–Kier alpha value is -1.10. The van der Waals surface area contributed by atoms with E-state index in [1.165, 1.54) is 7.11 Å². The number of unbranched alkanes of at least 4 members (excludes halogenated alkanes) is 1. The molecule has 0 radical (unpaired) electrons. The van der Waals surface area contributed by atoms with Crippen molar-refractivity contribution in [3.8, 4) is 0 Å². The van der Waals surface area contributed by atoms with Gasteiger partial charge in [-0.15, -0.1) is 0 Å². The number of methoxy groups -OCH3 is 1. The van der Waals surface area contributed by atoms with E-state index in [4.69, 9.17) is 4.74 Å². The average Bonchev–Trinajstić information content (AvgIpc) is 2.33. The van der Waals surface area contributed by atoms with Crippen LogP contribution in [0.3, 0.4) is 0 Å². The molecule has 0 aliphatic rings. The number of esters is 2. The third-order valence-corrected chi connectivity index (χ3v) is 2.71. The predicted molar refractivity (Wildman–Crippen MR) is 67.0 cm³/mol. The molecule has 0 aliphatic heterocycles. The van der Waals surface area contributed by atoms with Crippen LogP contribution in [-0.2, 0) is 19.1 Å². The van der Waals surface area contributed by atoms with Crippen molar-refractivity contribution in [2.75, 3.05) is 7.11 Å². The minimum atomic E-state index is -0.695. The molecule has 0 aromatic rings. The van der Waals surface area contributed by atoms with Crippen LogP contribution in [0, 0.1) is 0 Å². The summed E-state index contributed by atoms with van der Waals surface area (Å²) < 4.78 is 9.56.